The maximum Gasteiger partial charge on any atom is 0.336 e. The highest BCUT2D eigenvalue weighted by atomic mass is 35.5. The normalized spacial score (nSPS) is 10.2. The molecular weight excluding hydrogens is 347 g/mol. The van der Waals surface area contributed by atoms with Gasteiger partial charge in [-0.25, -0.2) is 4.79 Å². The number of nitro benzene ring substituents is 1. The van der Waals surface area contributed by atoms with Gasteiger partial charge in [-0.15, -0.1) is 0 Å². The van der Waals surface area contributed by atoms with Crippen molar-refractivity contribution >= 4 is 46.5 Å². The van der Waals surface area contributed by atoms with E-state index in [1.807, 2.05) is 0 Å². The summed E-state index contributed by atoms with van der Waals surface area (Å²) in [5.41, 5.74) is -0.872. The first-order valence-electron chi connectivity index (χ1n) is 6.07. The second-order valence-electron chi connectivity index (χ2n) is 4.40. The van der Waals surface area contributed by atoms with Crippen molar-refractivity contribution < 1.29 is 19.6 Å². The van der Waals surface area contributed by atoms with Gasteiger partial charge < -0.3 is 10.4 Å². The van der Waals surface area contributed by atoms with E-state index in [1.165, 1.54) is 18.2 Å². The van der Waals surface area contributed by atoms with Crippen LogP contribution < -0.4 is 5.32 Å². The Morgan fingerprint density at radius 1 is 1.04 bits per heavy atom. The first-order chi connectivity index (χ1) is 10.8. The van der Waals surface area contributed by atoms with Crippen molar-refractivity contribution in [1.82, 2.24) is 0 Å². The molecule has 0 aliphatic rings. The van der Waals surface area contributed by atoms with E-state index < -0.39 is 22.5 Å². The highest BCUT2D eigenvalue weighted by Crippen LogP contribution is 2.24. The smallest absolute Gasteiger partial charge is 0.336 e. The lowest BCUT2D eigenvalue weighted by Crippen LogP contribution is -2.16. The van der Waals surface area contributed by atoms with Gasteiger partial charge in [0, 0.05) is 27.9 Å². The SMILES string of the molecule is O=C(O)c1ccc([N+](=O)[O-])cc1C(=O)Nc1cc(Cl)cc(Cl)c1. The Labute approximate surface area is 139 Å². The maximum absolute atomic E-state index is 12.3. The van der Waals surface area contributed by atoms with Crippen LogP contribution in [0, 0.1) is 10.1 Å². The molecule has 0 aliphatic carbocycles. The number of nitrogens with one attached hydrogen (secondary N) is 1. The first-order valence-corrected chi connectivity index (χ1v) is 6.82. The lowest BCUT2D eigenvalue weighted by Gasteiger charge is -2.08. The third kappa shape index (κ3) is 3.97. The summed E-state index contributed by atoms with van der Waals surface area (Å²) >= 11 is 11.6. The third-order valence-corrected chi connectivity index (χ3v) is 3.25. The predicted octanol–water partition coefficient (Wildman–Crippen LogP) is 3.85. The Kier molecular flexibility index (Phi) is 4.83. The molecule has 0 spiro atoms. The van der Waals surface area contributed by atoms with Crippen LogP contribution in [0.4, 0.5) is 11.4 Å². The molecule has 0 saturated heterocycles. The van der Waals surface area contributed by atoms with Crippen molar-refractivity contribution in [3.05, 3.63) is 67.7 Å². The summed E-state index contributed by atoms with van der Waals surface area (Å²) in [4.78, 5) is 33.5. The van der Waals surface area contributed by atoms with Gasteiger partial charge in [0.15, 0.2) is 0 Å². The van der Waals surface area contributed by atoms with E-state index in [0.717, 1.165) is 18.2 Å². The summed E-state index contributed by atoms with van der Waals surface area (Å²) in [6.07, 6.45) is 0. The molecule has 7 nitrogen and oxygen atoms in total. The van der Waals surface area contributed by atoms with Crippen molar-refractivity contribution in [1.29, 1.82) is 0 Å². The standard InChI is InChI=1S/C14H8Cl2N2O5/c15-7-3-8(16)5-9(4-7)17-13(19)12-6-10(18(22)23)1-2-11(12)14(20)21/h1-6H,(H,17,19)(H,20,21). The van der Waals surface area contributed by atoms with Crippen LogP contribution in [0.5, 0.6) is 0 Å². The molecule has 1 amide bonds. The highest BCUT2D eigenvalue weighted by Gasteiger charge is 2.21. The highest BCUT2D eigenvalue weighted by molar-refractivity contribution is 6.35. The molecule has 0 atom stereocenters. The van der Waals surface area contributed by atoms with Gasteiger partial charge >= 0.3 is 5.97 Å². The number of anilines is 1. The average Bonchev–Trinajstić information content (AvgIpc) is 2.45. The van der Waals surface area contributed by atoms with Crippen LogP contribution >= 0.6 is 23.2 Å². The number of carbonyl (C=O) groups excluding carboxylic acids is 1. The lowest BCUT2D eigenvalue weighted by molar-refractivity contribution is -0.384. The van der Waals surface area contributed by atoms with E-state index in [2.05, 4.69) is 5.32 Å². The lowest BCUT2D eigenvalue weighted by atomic mass is 10.1. The van der Waals surface area contributed by atoms with E-state index in [4.69, 9.17) is 28.3 Å². The molecule has 2 aromatic rings. The number of rotatable bonds is 4. The fourth-order valence-electron chi connectivity index (χ4n) is 1.84. The zero-order valence-corrected chi connectivity index (χ0v) is 12.8. The van der Waals surface area contributed by atoms with Gasteiger partial charge in [0.1, 0.15) is 0 Å². The fourth-order valence-corrected chi connectivity index (χ4v) is 2.37. The van der Waals surface area contributed by atoms with Crippen LogP contribution in [0.15, 0.2) is 36.4 Å². The summed E-state index contributed by atoms with van der Waals surface area (Å²) < 4.78 is 0. The Bertz CT molecular complexity index is 803. The van der Waals surface area contributed by atoms with Crippen molar-refractivity contribution in [3.8, 4) is 0 Å². The number of aromatic carboxylic acids is 1. The zero-order valence-electron chi connectivity index (χ0n) is 11.2. The molecule has 2 rings (SSSR count). The number of hydrogen-bond acceptors (Lipinski definition) is 4. The summed E-state index contributed by atoms with van der Waals surface area (Å²) in [6, 6.07) is 7.17. The number of carbonyl (C=O) groups is 2. The molecular formula is C14H8Cl2N2O5. The molecule has 0 unspecified atom stereocenters. The number of carboxylic acids is 1. The monoisotopic (exact) mass is 354 g/mol. The molecule has 23 heavy (non-hydrogen) atoms. The third-order valence-electron chi connectivity index (χ3n) is 2.81. The largest absolute Gasteiger partial charge is 0.478 e. The van der Waals surface area contributed by atoms with Crippen LogP contribution in [0.25, 0.3) is 0 Å². The van der Waals surface area contributed by atoms with Gasteiger partial charge in [0.05, 0.1) is 16.1 Å². The average molecular weight is 355 g/mol. The summed E-state index contributed by atoms with van der Waals surface area (Å²) in [6.45, 7) is 0. The number of amides is 1. The minimum Gasteiger partial charge on any atom is -0.478 e. The van der Waals surface area contributed by atoms with Crippen LogP contribution in [0.3, 0.4) is 0 Å². The molecule has 2 N–H and O–H groups in total. The Morgan fingerprint density at radius 3 is 2.17 bits per heavy atom. The van der Waals surface area contributed by atoms with Gasteiger partial charge in [-0.2, -0.15) is 0 Å². The van der Waals surface area contributed by atoms with E-state index in [0.29, 0.717) is 0 Å². The second kappa shape index (κ2) is 6.64. The quantitative estimate of drug-likeness (QED) is 0.639. The predicted molar refractivity (Wildman–Crippen MR) is 84.5 cm³/mol. The number of nitro groups is 1. The molecule has 9 heteroatoms. The summed E-state index contributed by atoms with van der Waals surface area (Å²) in [5, 5.41) is 22.8. The number of hydrogen-bond donors (Lipinski definition) is 2. The minimum absolute atomic E-state index is 0.232. The van der Waals surface area contributed by atoms with E-state index in [9.17, 15) is 19.7 Å². The number of carboxylic acid groups (broad SMARTS) is 1. The summed E-state index contributed by atoms with van der Waals surface area (Å²) in [5.74, 6) is -2.21. The number of nitrogens with zero attached hydrogens (tertiary/aromatic N) is 1. The second-order valence-corrected chi connectivity index (χ2v) is 5.28. The fraction of sp³-hybridized carbons (Fsp3) is 0. The molecule has 0 aliphatic heterocycles. The molecule has 0 fully saturated rings. The van der Waals surface area contributed by atoms with Gasteiger partial charge in [-0.1, -0.05) is 23.2 Å². The molecule has 2 aromatic carbocycles. The first kappa shape index (κ1) is 16.7. The molecule has 118 valence electrons. The van der Waals surface area contributed by atoms with E-state index in [-0.39, 0.29) is 26.9 Å². The van der Waals surface area contributed by atoms with Crippen molar-refractivity contribution in [3.63, 3.8) is 0 Å². The van der Waals surface area contributed by atoms with Crippen LogP contribution in [0.2, 0.25) is 10.0 Å². The Morgan fingerprint density at radius 2 is 1.65 bits per heavy atom. The topological polar surface area (TPSA) is 110 Å². The van der Waals surface area contributed by atoms with Gasteiger partial charge in [0.25, 0.3) is 11.6 Å². The van der Waals surface area contributed by atoms with Crippen molar-refractivity contribution in [2.75, 3.05) is 5.32 Å². The minimum atomic E-state index is -1.38. The number of benzene rings is 2. The van der Waals surface area contributed by atoms with E-state index >= 15 is 0 Å². The van der Waals surface area contributed by atoms with Crippen LogP contribution in [-0.4, -0.2) is 21.9 Å². The molecule has 0 saturated carbocycles. The van der Waals surface area contributed by atoms with Gasteiger partial charge in [0.2, 0.25) is 0 Å². The van der Waals surface area contributed by atoms with Crippen LogP contribution in [-0.2, 0) is 0 Å². The van der Waals surface area contributed by atoms with Crippen molar-refractivity contribution in [2.24, 2.45) is 0 Å². The summed E-state index contributed by atoms with van der Waals surface area (Å²) in [7, 11) is 0. The van der Waals surface area contributed by atoms with Gasteiger partial charge in [-0.05, 0) is 24.3 Å². The Balaban J connectivity index is 2.42. The molecule has 0 heterocycles. The molecule has 0 radical (unpaired) electrons. The van der Waals surface area contributed by atoms with Crippen molar-refractivity contribution in [2.45, 2.75) is 0 Å². The molecule has 0 aromatic heterocycles. The van der Waals surface area contributed by atoms with Crippen LogP contribution in [0.1, 0.15) is 20.7 Å². The number of halogens is 2. The van der Waals surface area contributed by atoms with Gasteiger partial charge in [-0.3, -0.25) is 14.9 Å². The Hall–Kier alpha value is -2.64. The van der Waals surface area contributed by atoms with E-state index in [1.54, 1.807) is 0 Å². The maximum atomic E-state index is 12.3. The zero-order chi connectivity index (χ0) is 17.1. The number of non-ortho nitro benzene ring substituents is 1. The molecule has 0 bridgehead atoms.